The Bertz CT molecular complexity index is 771. The molecule has 5 heteroatoms. The third-order valence-electron chi connectivity index (χ3n) is 3.75. The summed E-state index contributed by atoms with van der Waals surface area (Å²) in [6.07, 6.45) is 1.64. The predicted molar refractivity (Wildman–Crippen MR) is 97.5 cm³/mol. The number of anilines is 3. The fraction of sp³-hybridized carbons (Fsp3) is 0.211. The first-order valence-corrected chi connectivity index (χ1v) is 8.07. The molecule has 0 aliphatic rings. The summed E-state index contributed by atoms with van der Waals surface area (Å²) in [6.45, 7) is 5.72. The smallest absolute Gasteiger partial charge is 0.247 e. The number of benzene rings is 2. The van der Waals surface area contributed by atoms with E-state index in [1.165, 1.54) is 11.1 Å². The normalized spacial score (nSPS) is 10.4. The summed E-state index contributed by atoms with van der Waals surface area (Å²) in [5.41, 5.74) is 3.43. The van der Waals surface area contributed by atoms with Crippen LogP contribution < -0.4 is 10.2 Å². The van der Waals surface area contributed by atoms with Crippen LogP contribution in [0.3, 0.4) is 0 Å². The Hall–Kier alpha value is -2.95. The molecule has 0 aliphatic carbocycles. The monoisotopic (exact) mass is 319 g/mol. The molecule has 0 fully saturated rings. The third-order valence-corrected chi connectivity index (χ3v) is 3.75. The number of aromatic nitrogens is 3. The van der Waals surface area contributed by atoms with Crippen molar-refractivity contribution in [2.24, 2.45) is 0 Å². The van der Waals surface area contributed by atoms with E-state index in [9.17, 15) is 0 Å². The molecule has 0 spiro atoms. The summed E-state index contributed by atoms with van der Waals surface area (Å²) in [7, 11) is 0. The molecule has 122 valence electrons. The highest BCUT2D eigenvalue weighted by atomic mass is 15.3. The standard InChI is InChI=1S/C19H21N5/c1-3-24(14-16-7-5-4-6-8-16)19-22-18(13-20-23-19)21-17-11-9-15(2)10-12-17/h4-13H,3,14H2,1-2H3,(H,21,22,23). The van der Waals surface area contributed by atoms with Gasteiger partial charge < -0.3 is 10.2 Å². The Morgan fingerprint density at radius 2 is 1.75 bits per heavy atom. The number of hydrogen-bond acceptors (Lipinski definition) is 5. The van der Waals surface area contributed by atoms with Crippen LogP contribution in [0.4, 0.5) is 17.5 Å². The van der Waals surface area contributed by atoms with Gasteiger partial charge in [-0.3, -0.25) is 0 Å². The SMILES string of the molecule is CCN(Cc1ccccc1)c1nncc(Nc2ccc(C)cc2)n1. The minimum Gasteiger partial charge on any atom is -0.339 e. The van der Waals surface area contributed by atoms with E-state index in [0.29, 0.717) is 11.8 Å². The maximum absolute atomic E-state index is 4.60. The van der Waals surface area contributed by atoms with E-state index in [1.54, 1.807) is 6.20 Å². The van der Waals surface area contributed by atoms with Crippen molar-refractivity contribution in [2.45, 2.75) is 20.4 Å². The van der Waals surface area contributed by atoms with Gasteiger partial charge in [-0.2, -0.15) is 10.1 Å². The van der Waals surface area contributed by atoms with Gasteiger partial charge in [0.15, 0.2) is 5.82 Å². The van der Waals surface area contributed by atoms with Crippen molar-refractivity contribution in [3.05, 3.63) is 71.9 Å². The van der Waals surface area contributed by atoms with Crippen molar-refractivity contribution >= 4 is 17.5 Å². The molecule has 0 amide bonds. The van der Waals surface area contributed by atoms with Gasteiger partial charge in [0.25, 0.3) is 0 Å². The molecule has 24 heavy (non-hydrogen) atoms. The summed E-state index contributed by atoms with van der Waals surface area (Å²) < 4.78 is 0. The van der Waals surface area contributed by atoms with Gasteiger partial charge in [0.2, 0.25) is 5.95 Å². The third kappa shape index (κ3) is 4.07. The predicted octanol–water partition coefficient (Wildman–Crippen LogP) is 3.95. The zero-order valence-electron chi connectivity index (χ0n) is 14.0. The van der Waals surface area contributed by atoms with Gasteiger partial charge in [-0.1, -0.05) is 48.0 Å². The van der Waals surface area contributed by atoms with Crippen molar-refractivity contribution in [3.63, 3.8) is 0 Å². The zero-order chi connectivity index (χ0) is 16.8. The topological polar surface area (TPSA) is 53.9 Å². The molecule has 1 aromatic heterocycles. The summed E-state index contributed by atoms with van der Waals surface area (Å²) >= 11 is 0. The minimum absolute atomic E-state index is 0.624. The molecule has 0 aliphatic heterocycles. The van der Waals surface area contributed by atoms with E-state index in [4.69, 9.17) is 0 Å². The van der Waals surface area contributed by atoms with E-state index in [2.05, 4.69) is 63.5 Å². The van der Waals surface area contributed by atoms with Crippen LogP contribution in [0.2, 0.25) is 0 Å². The molecular weight excluding hydrogens is 298 g/mol. The average Bonchev–Trinajstić information content (AvgIpc) is 2.63. The van der Waals surface area contributed by atoms with E-state index in [-0.39, 0.29) is 0 Å². The Morgan fingerprint density at radius 3 is 2.46 bits per heavy atom. The summed E-state index contributed by atoms with van der Waals surface area (Å²) in [6, 6.07) is 18.5. The average molecular weight is 319 g/mol. The second-order valence-electron chi connectivity index (χ2n) is 5.63. The van der Waals surface area contributed by atoms with Gasteiger partial charge in [-0.25, -0.2) is 0 Å². The highest BCUT2D eigenvalue weighted by molar-refractivity contribution is 5.56. The van der Waals surface area contributed by atoms with E-state index in [0.717, 1.165) is 18.8 Å². The van der Waals surface area contributed by atoms with Gasteiger partial charge in [0.1, 0.15) is 0 Å². The fourth-order valence-electron chi connectivity index (χ4n) is 2.40. The lowest BCUT2D eigenvalue weighted by Crippen LogP contribution is -2.24. The first kappa shape index (κ1) is 15.9. The van der Waals surface area contributed by atoms with Gasteiger partial charge in [-0.15, -0.1) is 5.10 Å². The maximum Gasteiger partial charge on any atom is 0.247 e. The van der Waals surface area contributed by atoms with Crippen LogP contribution in [-0.4, -0.2) is 21.7 Å². The fourth-order valence-corrected chi connectivity index (χ4v) is 2.40. The van der Waals surface area contributed by atoms with Crippen molar-refractivity contribution in [2.75, 3.05) is 16.8 Å². The Labute approximate surface area is 142 Å². The molecule has 5 nitrogen and oxygen atoms in total. The number of hydrogen-bond donors (Lipinski definition) is 1. The lowest BCUT2D eigenvalue weighted by Gasteiger charge is -2.20. The van der Waals surface area contributed by atoms with Gasteiger partial charge in [-0.05, 0) is 31.5 Å². The molecular formula is C19H21N5. The number of nitrogens with zero attached hydrogens (tertiary/aromatic N) is 4. The summed E-state index contributed by atoms with van der Waals surface area (Å²) in [4.78, 5) is 6.70. The molecule has 3 rings (SSSR count). The van der Waals surface area contributed by atoms with Crippen molar-refractivity contribution in [1.29, 1.82) is 0 Å². The van der Waals surface area contributed by atoms with Crippen LogP contribution in [0.25, 0.3) is 0 Å². The van der Waals surface area contributed by atoms with Crippen molar-refractivity contribution in [1.82, 2.24) is 15.2 Å². The Balaban J connectivity index is 1.76. The van der Waals surface area contributed by atoms with E-state index in [1.807, 2.05) is 30.3 Å². The lowest BCUT2D eigenvalue weighted by molar-refractivity contribution is 0.771. The van der Waals surface area contributed by atoms with E-state index >= 15 is 0 Å². The molecule has 0 bridgehead atoms. The summed E-state index contributed by atoms with van der Waals surface area (Å²) in [5, 5.41) is 11.6. The number of aryl methyl sites for hydroxylation is 1. The second-order valence-corrected chi connectivity index (χ2v) is 5.63. The highest BCUT2D eigenvalue weighted by Gasteiger charge is 2.10. The van der Waals surface area contributed by atoms with Crippen LogP contribution in [0.5, 0.6) is 0 Å². The second kappa shape index (κ2) is 7.55. The van der Waals surface area contributed by atoms with Gasteiger partial charge in [0, 0.05) is 18.8 Å². The van der Waals surface area contributed by atoms with Crippen molar-refractivity contribution in [3.8, 4) is 0 Å². The molecule has 0 atom stereocenters. The number of nitrogens with one attached hydrogen (secondary N) is 1. The van der Waals surface area contributed by atoms with Gasteiger partial charge in [0.05, 0.1) is 6.20 Å². The van der Waals surface area contributed by atoms with Crippen LogP contribution in [-0.2, 0) is 6.54 Å². The quantitative estimate of drug-likeness (QED) is 0.745. The highest BCUT2D eigenvalue weighted by Crippen LogP contribution is 2.17. The number of rotatable bonds is 6. The summed E-state index contributed by atoms with van der Waals surface area (Å²) in [5.74, 6) is 1.31. The molecule has 1 heterocycles. The molecule has 0 unspecified atom stereocenters. The first-order valence-electron chi connectivity index (χ1n) is 8.07. The molecule has 0 radical (unpaired) electrons. The maximum atomic E-state index is 4.60. The Morgan fingerprint density at radius 1 is 1.00 bits per heavy atom. The van der Waals surface area contributed by atoms with Crippen LogP contribution >= 0.6 is 0 Å². The van der Waals surface area contributed by atoms with Crippen LogP contribution in [0.1, 0.15) is 18.1 Å². The zero-order valence-corrected chi connectivity index (χ0v) is 14.0. The minimum atomic E-state index is 0.624. The largest absolute Gasteiger partial charge is 0.339 e. The lowest BCUT2D eigenvalue weighted by atomic mass is 10.2. The first-order chi connectivity index (χ1) is 11.7. The molecule has 1 N–H and O–H groups in total. The van der Waals surface area contributed by atoms with Crippen molar-refractivity contribution < 1.29 is 0 Å². The molecule has 3 aromatic rings. The van der Waals surface area contributed by atoms with Crippen LogP contribution in [0.15, 0.2) is 60.8 Å². The molecule has 2 aromatic carbocycles. The molecule has 0 saturated carbocycles. The molecule has 0 saturated heterocycles. The van der Waals surface area contributed by atoms with E-state index < -0.39 is 0 Å². The Kier molecular flexibility index (Phi) is 5.01. The van der Waals surface area contributed by atoms with Crippen LogP contribution in [0, 0.1) is 6.92 Å². The van der Waals surface area contributed by atoms with Gasteiger partial charge >= 0.3 is 0 Å².